The Hall–Kier alpha value is -0.830. The van der Waals surface area contributed by atoms with E-state index in [1.165, 1.54) is 0 Å². The van der Waals surface area contributed by atoms with Gasteiger partial charge in [-0.3, -0.25) is 4.79 Å². The largest absolute Gasteiger partial charge is 0.481 e. The van der Waals surface area contributed by atoms with Gasteiger partial charge in [-0.05, 0) is 31.6 Å². The van der Waals surface area contributed by atoms with Gasteiger partial charge in [-0.2, -0.15) is 0 Å². The smallest absolute Gasteiger partial charge is 0.307 e. The first-order chi connectivity index (χ1) is 6.22. The molecule has 0 heterocycles. The lowest BCUT2D eigenvalue weighted by atomic mass is 9.86. The molecule has 0 aliphatic heterocycles. The van der Waals surface area contributed by atoms with Gasteiger partial charge in [0, 0.05) is 6.61 Å². The van der Waals surface area contributed by atoms with Crippen molar-refractivity contribution in [2.45, 2.75) is 32.1 Å². The Morgan fingerprint density at radius 2 is 2.38 bits per heavy atom. The summed E-state index contributed by atoms with van der Waals surface area (Å²) >= 11 is 0. The molecule has 2 N–H and O–H groups in total. The number of allylic oxidation sites excluding steroid dienone is 1. The van der Waals surface area contributed by atoms with E-state index < -0.39 is 5.97 Å². The zero-order valence-electron chi connectivity index (χ0n) is 7.70. The molecule has 0 spiro atoms. The minimum absolute atomic E-state index is 0.186. The second kappa shape index (κ2) is 5.02. The number of hydrogen-bond acceptors (Lipinski definition) is 2. The molecule has 0 aromatic carbocycles. The van der Waals surface area contributed by atoms with Crippen molar-refractivity contribution in [2.24, 2.45) is 5.92 Å². The molecular formula is C10H16O3. The summed E-state index contributed by atoms with van der Waals surface area (Å²) in [5.74, 6) is -0.186. The molecule has 1 unspecified atom stereocenters. The minimum atomic E-state index is -0.744. The lowest BCUT2D eigenvalue weighted by Crippen LogP contribution is -2.09. The van der Waals surface area contributed by atoms with Gasteiger partial charge in [-0.15, -0.1) is 0 Å². The third-order valence-corrected chi connectivity index (χ3v) is 2.53. The summed E-state index contributed by atoms with van der Waals surface area (Å²) in [6.07, 6.45) is 5.90. The molecule has 0 bridgehead atoms. The summed E-state index contributed by atoms with van der Waals surface area (Å²) in [5, 5.41) is 17.3. The minimum Gasteiger partial charge on any atom is -0.481 e. The number of carboxylic acids is 1. The Bertz CT molecular complexity index is 208. The Morgan fingerprint density at radius 3 is 2.85 bits per heavy atom. The lowest BCUT2D eigenvalue weighted by Gasteiger charge is -2.20. The fraction of sp³-hybridized carbons (Fsp3) is 0.700. The van der Waals surface area contributed by atoms with Gasteiger partial charge in [-0.25, -0.2) is 0 Å². The van der Waals surface area contributed by atoms with E-state index >= 15 is 0 Å². The topological polar surface area (TPSA) is 57.5 Å². The normalized spacial score (nSPS) is 22.5. The maximum Gasteiger partial charge on any atom is 0.307 e. The molecule has 3 nitrogen and oxygen atoms in total. The molecule has 0 fully saturated rings. The van der Waals surface area contributed by atoms with Gasteiger partial charge < -0.3 is 10.2 Å². The maximum atomic E-state index is 10.4. The van der Waals surface area contributed by atoms with Gasteiger partial charge in [0.05, 0.1) is 6.42 Å². The molecule has 0 aromatic heterocycles. The summed E-state index contributed by atoms with van der Waals surface area (Å²) in [5.41, 5.74) is 1.04. The van der Waals surface area contributed by atoms with E-state index in [1.54, 1.807) is 0 Å². The number of aliphatic carboxylic acids is 1. The predicted molar refractivity (Wildman–Crippen MR) is 49.4 cm³/mol. The van der Waals surface area contributed by atoms with Gasteiger partial charge >= 0.3 is 5.97 Å². The van der Waals surface area contributed by atoms with Crippen molar-refractivity contribution in [1.29, 1.82) is 0 Å². The Labute approximate surface area is 78.1 Å². The highest BCUT2D eigenvalue weighted by atomic mass is 16.4. The van der Waals surface area contributed by atoms with Gasteiger partial charge in [0.1, 0.15) is 0 Å². The third-order valence-electron chi connectivity index (χ3n) is 2.53. The van der Waals surface area contributed by atoms with Crippen LogP contribution in [0.4, 0.5) is 0 Å². The summed E-state index contributed by atoms with van der Waals surface area (Å²) in [4.78, 5) is 10.4. The van der Waals surface area contributed by atoms with E-state index in [4.69, 9.17) is 10.2 Å². The first kappa shape index (κ1) is 10.3. The molecular weight excluding hydrogens is 168 g/mol. The van der Waals surface area contributed by atoms with Gasteiger partial charge in [0.25, 0.3) is 0 Å². The lowest BCUT2D eigenvalue weighted by molar-refractivity contribution is -0.136. The number of hydrogen-bond donors (Lipinski definition) is 2. The fourth-order valence-corrected chi connectivity index (χ4v) is 1.74. The Morgan fingerprint density at radius 1 is 1.62 bits per heavy atom. The molecule has 0 radical (unpaired) electrons. The number of aliphatic hydroxyl groups is 1. The molecule has 0 saturated heterocycles. The van der Waals surface area contributed by atoms with Crippen LogP contribution in [0.15, 0.2) is 11.6 Å². The summed E-state index contributed by atoms with van der Waals surface area (Å²) < 4.78 is 0. The van der Waals surface area contributed by atoms with Crippen molar-refractivity contribution in [2.75, 3.05) is 6.61 Å². The van der Waals surface area contributed by atoms with Crippen LogP contribution >= 0.6 is 0 Å². The zero-order valence-corrected chi connectivity index (χ0v) is 7.70. The van der Waals surface area contributed by atoms with E-state index in [0.717, 1.165) is 31.3 Å². The molecule has 74 valence electrons. The van der Waals surface area contributed by atoms with E-state index in [2.05, 4.69) is 0 Å². The molecule has 0 saturated carbocycles. The average molecular weight is 184 g/mol. The van der Waals surface area contributed by atoms with Crippen LogP contribution in [-0.2, 0) is 4.79 Å². The van der Waals surface area contributed by atoms with Crippen LogP contribution in [0.25, 0.3) is 0 Å². The van der Waals surface area contributed by atoms with Crippen molar-refractivity contribution in [3.05, 3.63) is 11.6 Å². The molecule has 1 atom stereocenters. The summed E-state index contributed by atoms with van der Waals surface area (Å²) in [6.45, 7) is 0.243. The molecule has 13 heavy (non-hydrogen) atoms. The molecule has 1 aliphatic carbocycles. The molecule has 0 amide bonds. The fourth-order valence-electron chi connectivity index (χ4n) is 1.74. The molecule has 3 heteroatoms. The van der Waals surface area contributed by atoms with Crippen molar-refractivity contribution in [1.82, 2.24) is 0 Å². The SMILES string of the molecule is O=C(O)CC1=CCC(CCO)CC1. The van der Waals surface area contributed by atoms with Crippen LogP contribution in [0, 0.1) is 5.92 Å². The van der Waals surface area contributed by atoms with Crippen LogP contribution in [0.2, 0.25) is 0 Å². The average Bonchev–Trinajstić information content (AvgIpc) is 2.08. The molecule has 1 aliphatic rings. The maximum absolute atomic E-state index is 10.4. The van der Waals surface area contributed by atoms with E-state index in [1.807, 2.05) is 6.08 Å². The van der Waals surface area contributed by atoms with Crippen LogP contribution in [-0.4, -0.2) is 22.8 Å². The molecule has 0 aromatic rings. The first-order valence-electron chi connectivity index (χ1n) is 4.73. The predicted octanol–water partition coefficient (Wildman–Crippen LogP) is 1.57. The molecule has 1 rings (SSSR count). The number of carbonyl (C=O) groups is 1. The number of aliphatic hydroxyl groups excluding tert-OH is 1. The highest BCUT2D eigenvalue weighted by Gasteiger charge is 2.15. The van der Waals surface area contributed by atoms with Crippen molar-refractivity contribution in [3.8, 4) is 0 Å². The quantitative estimate of drug-likeness (QED) is 0.652. The number of carboxylic acid groups (broad SMARTS) is 1. The monoisotopic (exact) mass is 184 g/mol. The highest BCUT2D eigenvalue weighted by Crippen LogP contribution is 2.27. The summed E-state index contributed by atoms with van der Waals surface area (Å²) in [6, 6.07) is 0. The Balaban J connectivity index is 2.34. The Kier molecular flexibility index (Phi) is 3.96. The van der Waals surface area contributed by atoms with Gasteiger partial charge in [0.2, 0.25) is 0 Å². The van der Waals surface area contributed by atoms with E-state index in [-0.39, 0.29) is 13.0 Å². The van der Waals surface area contributed by atoms with Crippen LogP contribution in [0.1, 0.15) is 32.1 Å². The van der Waals surface area contributed by atoms with Gasteiger partial charge in [0.15, 0.2) is 0 Å². The van der Waals surface area contributed by atoms with Crippen molar-refractivity contribution >= 4 is 5.97 Å². The van der Waals surface area contributed by atoms with E-state index in [9.17, 15) is 4.79 Å². The summed E-state index contributed by atoms with van der Waals surface area (Å²) in [7, 11) is 0. The third kappa shape index (κ3) is 3.59. The number of rotatable bonds is 4. The van der Waals surface area contributed by atoms with Gasteiger partial charge in [-0.1, -0.05) is 11.6 Å². The van der Waals surface area contributed by atoms with E-state index in [0.29, 0.717) is 5.92 Å². The second-order valence-corrected chi connectivity index (χ2v) is 3.59. The highest BCUT2D eigenvalue weighted by molar-refractivity contribution is 5.70. The van der Waals surface area contributed by atoms with Crippen molar-refractivity contribution in [3.63, 3.8) is 0 Å². The van der Waals surface area contributed by atoms with Crippen LogP contribution < -0.4 is 0 Å². The van der Waals surface area contributed by atoms with Crippen LogP contribution in [0.3, 0.4) is 0 Å². The second-order valence-electron chi connectivity index (χ2n) is 3.59. The zero-order chi connectivity index (χ0) is 9.68. The standard InChI is InChI=1S/C10H16O3/c11-6-5-8-1-3-9(4-2-8)7-10(12)13/h3,8,11H,1-2,4-7H2,(H,12,13). The van der Waals surface area contributed by atoms with Crippen LogP contribution in [0.5, 0.6) is 0 Å². The first-order valence-corrected chi connectivity index (χ1v) is 4.73. The van der Waals surface area contributed by atoms with Crippen molar-refractivity contribution < 1.29 is 15.0 Å².